The summed E-state index contributed by atoms with van der Waals surface area (Å²) in [5.74, 6) is 0.325. The quantitative estimate of drug-likeness (QED) is 0.588. The molecular weight excluding hydrogens is 202 g/mol. The van der Waals surface area contributed by atoms with Gasteiger partial charge in [-0.15, -0.1) is 0 Å². The van der Waals surface area contributed by atoms with Crippen molar-refractivity contribution in [2.45, 2.75) is 18.9 Å². The second-order valence-corrected chi connectivity index (χ2v) is 5.94. The van der Waals surface area contributed by atoms with E-state index in [0.29, 0.717) is 18.5 Å². The van der Waals surface area contributed by atoms with Gasteiger partial charge in [0.2, 0.25) is 5.91 Å². The highest BCUT2D eigenvalue weighted by molar-refractivity contribution is 5.79. The van der Waals surface area contributed by atoms with Crippen LogP contribution in [-0.4, -0.2) is 80.1 Å². The standard InChI is InChI=1S/C12H24N3O/c1-13-6-7-14(12(16)10-13)11-4-8-15(2,3)9-5-11/h11H,4-10H2,1-3H3/q+1. The number of quaternary nitrogens is 1. The lowest BCUT2D eigenvalue weighted by molar-refractivity contribution is -0.895. The number of likely N-dealkylation sites (N-methyl/N-ethyl adjacent to an activating group) is 1. The lowest BCUT2D eigenvalue weighted by Crippen LogP contribution is -2.57. The highest BCUT2D eigenvalue weighted by Crippen LogP contribution is 2.20. The Morgan fingerprint density at radius 1 is 1.19 bits per heavy atom. The van der Waals surface area contributed by atoms with E-state index in [-0.39, 0.29) is 0 Å². The summed E-state index contributed by atoms with van der Waals surface area (Å²) in [4.78, 5) is 16.2. The molecule has 2 heterocycles. The van der Waals surface area contributed by atoms with E-state index < -0.39 is 0 Å². The number of amides is 1. The fourth-order valence-electron chi connectivity index (χ4n) is 2.75. The fourth-order valence-corrected chi connectivity index (χ4v) is 2.75. The van der Waals surface area contributed by atoms with Gasteiger partial charge in [-0.05, 0) is 7.05 Å². The highest BCUT2D eigenvalue weighted by atomic mass is 16.2. The Balaban J connectivity index is 1.91. The molecule has 0 bridgehead atoms. The maximum atomic E-state index is 11.9. The molecule has 2 rings (SSSR count). The lowest BCUT2D eigenvalue weighted by atomic mass is 10.0. The van der Waals surface area contributed by atoms with Gasteiger partial charge in [0, 0.05) is 32.0 Å². The molecule has 4 heteroatoms. The minimum Gasteiger partial charge on any atom is -0.337 e. The van der Waals surface area contributed by atoms with Crippen LogP contribution in [0.2, 0.25) is 0 Å². The van der Waals surface area contributed by atoms with E-state index in [2.05, 4.69) is 23.9 Å². The van der Waals surface area contributed by atoms with Crippen molar-refractivity contribution in [3.05, 3.63) is 0 Å². The van der Waals surface area contributed by atoms with E-state index in [9.17, 15) is 4.79 Å². The maximum absolute atomic E-state index is 11.9. The molecule has 0 atom stereocenters. The highest BCUT2D eigenvalue weighted by Gasteiger charge is 2.33. The van der Waals surface area contributed by atoms with Crippen LogP contribution in [-0.2, 0) is 4.79 Å². The Kier molecular flexibility index (Phi) is 3.22. The van der Waals surface area contributed by atoms with Crippen molar-refractivity contribution in [3.63, 3.8) is 0 Å². The SMILES string of the molecule is CN1CCN(C2CC[N+](C)(C)CC2)C(=O)C1. The largest absolute Gasteiger partial charge is 0.337 e. The number of nitrogens with zero attached hydrogens (tertiary/aromatic N) is 3. The molecule has 0 aromatic heterocycles. The molecule has 0 radical (unpaired) electrons. The van der Waals surface area contributed by atoms with Gasteiger partial charge in [0.1, 0.15) is 0 Å². The van der Waals surface area contributed by atoms with Gasteiger partial charge in [-0.25, -0.2) is 0 Å². The summed E-state index contributed by atoms with van der Waals surface area (Å²) >= 11 is 0. The molecule has 0 aliphatic carbocycles. The summed E-state index contributed by atoms with van der Waals surface area (Å²) in [5.41, 5.74) is 0. The predicted octanol–water partition coefficient (Wildman–Crippen LogP) is -0.000800. The van der Waals surface area contributed by atoms with E-state index in [1.54, 1.807) is 0 Å². The molecule has 0 spiro atoms. The number of hydrogen-bond donors (Lipinski definition) is 0. The van der Waals surface area contributed by atoms with E-state index in [4.69, 9.17) is 0 Å². The van der Waals surface area contributed by atoms with Gasteiger partial charge in [0.15, 0.2) is 0 Å². The van der Waals surface area contributed by atoms with E-state index >= 15 is 0 Å². The summed E-state index contributed by atoms with van der Waals surface area (Å²) in [6, 6.07) is 0.507. The number of hydrogen-bond acceptors (Lipinski definition) is 2. The number of carbonyl (C=O) groups is 1. The van der Waals surface area contributed by atoms with Gasteiger partial charge in [0.05, 0.1) is 33.7 Å². The summed E-state index contributed by atoms with van der Waals surface area (Å²) in [7, 11) is 6.58. The number of likely N-dealkylation sites (tertiary alicyclic amines) is 1. The zero-order valence-electron chi connectivity index (χ0n) is 10.8. The topological polar surface area (TPSA) is 23.6 Å². The van der Waals surface area contributed by atoms with Crippen molar-refractivity contribution < 1.29 is 9.28 Å². The first kappa shape index (κ1) is 11.9. The van der Waals surface area contributed by atoms with Crippen LogP contribution in [0.25, 0.3) is 0 Å². The second-order valence-electron chi connectivity index (χ2n) is 5.94. The number of rotatable bonds is 1. The summed E-state index contributed by atoms with van der Waals surface area (Å²) < 4.78 is 1.11. The van der Waals surface area contributed by atoms with Gasteiger partial charge in [-0.3, -0.25) is 9.69 Å². The Morgan fingerprint density at radius 3 is 2.38 bits per heavy atom. The Labute approximate surface area is 98.4 Å². The smallest absolute Gasteiger partial charge is 0.237 e. The zero-order chi connectivity index (χ0) is 11.8. The van der Waals surface area contributed by atoms with Gasteiger partial charge < -0.3 is 9.38 Å². The average Bonchev–Trinajstić information content (AvgIpc) is 2.19. The Morgan fingerprint density at radius 2 is 1.81 bits per heavy atom. The van der Waals surface area contributed by atoms with E-state index in [1.165, 1.54) is 25.9 Å². The van der Waals surface area contributed by atoms with Crippen molar-refractivity contribution in [2.75, 3.05) is 53.9 Å². The molecule has 1 amide bonds. The molecule has 92 valence electrons. The monoisotopic (exact) mass is 226 g/mol. The number of piperidine rings is 1. The van der Waals surface area contributed by atoms with Crippen molar-refractivity contribution in [3.8, 4) is 0 Å². The van der Waals surface area contributed by atoms with Gasteiger partial charge in [-0.2, -0.15) is 0 Å². The predicted molar refractivity (Wildman–Crippen MR) is 64.1 cm³/mol. The van der Waals surface area contributed by atoms with Crippen LogP contribution in [0, 0.1) is 0 Å². The van der Waals surface area contributed by atoms with Crippen LogP contribution in [0.15, 0.2) is 0 Å². The Bertz CT molecular complexity index is 267. The van der Waals surface area contributed by atoms with Crippen molar-refractivity contribution >= 4 is 5.91 Å². The number of piperazine rings is 1. The summed E-state index contributed by atoms with van der Waals surface area (Å²) in [5, 5.41) is 0. The maximum Gasteiger partial charge on any atom is 0.237 e. The lowest BCUT2D eigenvalue weighted by Gasteiger charge is -2.43. The van der Waals surface area contributed by atoms with Gasteiger partial charge in [-0.1, -0.05) is 0 Å². The van der Waals surface area contributed by atoms with Crippen LogP contribution < -0.4 is 0 Å². The molecule has 0 aromatic carbocycles. The molecule has 0 aromatic rings. The first-order chi connectivity index (χ1) is 7.48. The Hall–Kier alpha value is -0.610. The summed E-state index contributed by atoms with van der Waals surface area (Å²) in [6.45, 7) is 4.96. The van der Waals surface area contributed by atoms with Crippen LogP contribution in [0.1, 0.15) is 12.8 Å². The molecular formula is C12H24N3O+. The average molecular weight is 226 g/mol. The van der Waals surface area contributed by atoms with Crippen LogP contribution in [0.5, 0.6) is 0 Å². The third kappa shape index (κ3) is 2.55. The van der Waals surface area contributed by atoms with Crippen molar-refractivity contribution in [1.82, 2.24) is 9.80 Å². The van der Waals surface area contributed by atoms with Gasteiger partial charge >= 0.3 is 0 Å². The fraction of sp³-hybridized carbons (Fsp3) is 0.917. The van der Waals surface area contributed by atoms with E-state index in [0.717, 1.165) is 17.6 Å². The molecule has 16 heavy (non-hydrogen) atoms. The molecule has 4 nitrogen and oxygen atoms in total. The third-order valence-electron chi connectivity index (χ3n) is 4.02. The normalized spacial score (nSPS) is 28.4. The third-order valence-corrected chi connectivity index (χ3v) is 4.02. The minimum atomic E-state index is 0.325. The molecule has 2 aliphatic rings. The first-order valence-corrected chi connectivity index (χ1v) is 6.28. The van der Waals surface area contributed by atoms with Crippen molar-refractivity contribution in [1.29, 1.82) is 0 Å². The van der Waals surface area contributed by atoms with Gasteiger partial charge in [0.25, 0.3) is 0 Å². The zero-order valence-corrected chi connectivity index (χ0v) is 10.8. The summed E-state index contributed by atoms with van der Waals surface area (Å²) in [6.07, 6.45) is 2.34. The molecule has 2 saturated heterocycles. The number of carbonyl (C=O) groups excluding carboxylic acids is 1. The molecule has 2 aliphatic heterocycles. The van der Waals surface area contributed by atoms with Crippen LogP contribution in [0.3, 0.4) is 0 Å². The van der Waals surface area contributed by atoms with Crippen molar-refractivity contribution in [2.24, 2.45) is 0 Å². The van der Waals surface area contributed by atoms with Crippen LogP contribution in [0.4, 0.5) is 0 Å². The molecule has 0 N–H and O–H groups in total. The van der Waals surface area contributed by atoms with E-state index in [1.807, 2.05) is 7.05 Å². The molecule has 0 saturated carbocycles. The molecule has 0 unspecified atom stereocenters. The van der Waals surface area contributed by atoms with Crippen LogP contribution >= 0.6 is 0 Å². The second kappa shape index (κ2) is 4.34. The molecule has 2 fully saturated rings. The minimum absolute atomic E-state index is 0.325. The first-order valence-electron chi connectivity index (χ1n) is 6.28.